The standard InChI is InChI=1S/C9H17N3O2/c1-7(6-10)2-3-9-11-8(4-5-13)12-14-9/h7,13H,2-6,10H2,1H3. The van der Waals surface area contributed by atoms with E-state index in [9.17, 15) is 0 Å². The Morgan fingerprint density at radius 3 is 2.93 bits per heavy atom. The molecule has 5 heteroatoms. The van der Waals surface area contributed by atoms with Crippen molar-refractivity contribution >= 4 is 0 Å². The lowest BCUT2D eigenvalue weighted by Gasteiger charge is -2.03. The second-order valence-corrected chi connectivity index (χ2v) is 3.46. The minimum atomic E-state index is 0.0537. The van der Waals surface area contributed by atoms with E-state index in [0.717, 1.165) is 12.8 Å². The molecule has 3 N–H and O–H groups in total. The van der Waals surface area contributed by atoms with E-state index in [1.165, 1.54) is 0 Å². The molecule has 0 aliphatic rings. The molecule has 0 amide bonds. The van der Waals surface area contributed by atoms with Crippen molar-refractivity contribution in [2.24, 2.45) is 11.7 Å². The predicted molar refractivity (Wildman–Crippen MR) is 51.6 cm³/mol. The minimum Gasteiger partial charge on any atom is -0.396 e. The Morgan fingerprint density at radius 2 is 2.29 bits per heavy atom. The normalized spacial score (nSPS) is 13.1. The smallest absolute Gasteiger partial charge is 0.226 e. The molecule has 80 valence electrons. The molecule has 0 radical (unpaired) electrons. The molecule has 0 aliphatic carbocycles. The molecule has 5 nitrogen and oxygen atoms in total. The molecular weight excluding hydrogens is 182 g/mol. The summed E-state index contributed by atoms with van der Waals surface area (Å²) in [5.74, 6) is 1.68. The zero-order valence-corrected chi connectivity index (χ0v) is 8.44. The molecule has 1 aromatic rings. The van der Waals surface area contributed by atoms with E-state index in [2.05, 4.69) is 17.1 Å². The first-order valence-electron chi connectivity index (χ1n) is 4.88. The topological polar surface area (TPSA) is 85.2 Å². The van der Waals surface area contributed by atoms with Gasteiger partial charge in [-0.15, -0.1) is 0 Å². The first-order chi connectivity index (χ1) is 6.76. The molecule has 1 atom stereocenters. The highest BCUT2D eigenvalue weighted by Gasteiger charge is 2.07. The molecule has 1 rings (SSSR count). The summed E-state index contributed by atoms with van der Waals surface area (Å²) >= 11 is 0. The van der Waals surface area contributed by atoms with Crippen LogP contribution in [0.2, 0.25) is 0 Å². The molecule has 0 aromatic carbocycles. The fourth-order valence-electron chi connectivity index (χ4n) is 1.08. The summed E-state index contributed by atoms with van der Waals surface area (Å²) in [6.45, 7) is 2.82. The van der Waals surface area contributed by atoms with Crippen molar-refractivity contribution in [1.82, 2.24) is 10.1 Å². The van der Waals surface area contributed by atoms with Gasteiger partial charge in [0.2, 0.25) is 5.89 Å². The van der Waals surface area contributed by atoms with Crippen molar-refractivity contribution in [3.63, 3.8) is 0 Å². The van der Waals surface area contributed by atoms with Crippen molar-refractivity contribution in [2.75, 3.05) is 13.2 Å². The maximum Gasteiger partial charge on any atom is 0.226 e. The van der Waals surface area contributed by atoms with Gasteiger partial charge in [0.05, 0.1) is 6.61 Å². The fraction of sp³-hybridized carbons (Fsp3) is 0.778. The van der Waals surface area contributed by atoms with Crippen LogP contribution in [0.15, 0.2) is 4.52 Å². The van der Waals surface area contributed by atoms with Crippen molar-refractivity contribution < 1.29 is 9.63 Å². The zero-order valence-electron chi connectivity index (χ0n) is 8.44. The van der Waals surface area contributed by atoms with E-state index in [1.54, 1.807) is 0 Å². The lowest BCUT2D eigenvalue weighted by molar-refractivity contribution is 0.292. The van der Waals surface area contributed by atoms with Crippen LogP contribution in [0.5, 0.6) is 0 Å². The van der Waals surface area contributed by atoms with Crippen LogP contribution in [0.1, 0.15) is 25.1 Å². The summed E-state index contributed by atoms with van der Waals surface area (Å²) < 4.78 is 5.00. The Balaban J connectivity index is 2.35. The average molecular weight is 199 g/mol. The SMILES string of the molecule is CC(CN)CCc1nc(CCO)no1. The van der Waals surface area contributed by atoms with Gasteiger partial charge in [0.25, 0.3) is 0 Å². The van der Waals surface area contributed by atoms with Crippen LogP contribution in [0.4, 0.5) is 0 Å². The summed E-state index contributed by atoms with van der Waals surface area (Å²) in [4.78, 5) is 4.13. The quantitative estimate of drug-likeness (QED) is 0.680. The van der Waals surface area contributed by atoms with Crippen LogP contribution in [-0.2, 0) is 12.8 Å². The highest BCUT2D eigenvalue weighted by atomic mass is 16.5. The molecule has 1 aromatic heterocycles. The average Bonchev–Trinajstić information content (AvgIpc) is 2.63. The van der Waals surface area contributed by atoms with Crippen LogP contribution >= 0.6 is 0 Å². The van der Waals surface area contributed by atoms with E-state index >= 15 is 0 Å². The molecule has 0 fully saturated rings. The summed E-state index contributed by atoms with van der Waals surface area (Å²) in [6.07, 6.45) is 2.17. The van der Waals surface area contributed by atoms with Gasteiger partial charge in [-0.1, -0.05) is 12.1 Å². The maximum absolute atomic E-state index is 8.65. The highest BCUT2D eigenvalue weighted by molar-refractivity contribution is 4.86. The molecule has 0 saturated carbocycles. The number of hydrogen-bond acceptors (Lipinski definition) is 5. The van der Waals surface area contributed by atoms with E-state index < -0.39 is 0 Å². The Hall–Kier alpha value is -0.940. The lowest BCUT2D eigenvalue weighted by atomic mass is 10.1. The van der Waals surface area contributed by atoms with Crippen molar-refractivity contribution in [1.29, 1.82) is 0 Å². The highest BCUT2D eigenvalue weighted by Crippen LogP contribution is 2.07. The van der Waals surface area contributed by atoms with E-state index in [4.69, 9.17) is 15.4 Å². The summed E-state index contributed by atoms with van der Waals surface area (Å²) in [5, 5.41) is 12.4. The van der Waals surface area contributed by atoms with Gasteiger partial charge in [0, 0.05) is 12.8 Å². The van der Waals surface area contributed by atoms with E-state index in [1.807, 2.05) is 0 Å². The van der Waals surface area contributed by atoms with Gasteiger partial charge in [0.1, 0.15) is 0 Å². The first kappa shape index (κ1) is 11.1. The van der Waals surface area contributed by atoms with Gasteiger partial charge < -0.3 is 15.4 Å². The number of aliphatic hydroxyl groups is 1. The molecule has 0 saturated heterocycles. The fourth-order valence-corrected chi connectivity index (χ4v) is 1.08. The molecular formula is C9H17N3O2. The second kappa shape index (κ2) is 5.72. The maximum atomic E-state index is 8.65. The number of nitrogens with zero attached hydrogens (tertiary/aromatic N) is 2. The summed E-state index contributed by atoms with van der Waals surface area (Å²) in [6, 6.07) is 0. The molecule has 0 bridgehead atoms. The van der Waals surface area contributed by atoms with Crippen LogP contribution < -0.4 is 5.73 Å². The molecule has 14 heavy (non-hydrogen) atoms. The third-order valence-electron chi connectivity index (χ3n) is 2.10. The van der Waals surface area contributed by atoms with Gasteiger partial charge in [-0.05, 0) is 18.9 Å². The van der Waals surface area contributed by atoms with Gasteiger partial charge in [0.15, 0.2) is 5.82 Å². The van der Waals surface area contributed by atoms with Gasteiger partial charge in [-0.25, -0.2) is 0 Å². The number of hydrogen-bond donors (Lipinski definition) is 2. The summed E-state index contributed by atoms with van der Waals surface area (Å²) in [5.41, 5.74) is 5.49. The van der Waals surface area contributed by atoms with Crippen molar-refractivity contribution in [2.45, 2.75) is 26.2 Å². The third-order valence-corrected chi connectivity index (χ3v) is 2.10. The predicted octanol–water partition coefficient (Wildman–Crippen LogP) is 0.132. The van der Waals surface area contributed by atoms with Crippen LogP contribution in [-0.4, -0.2) is 28.4 Å². The van der Waals surface area contributed by atoms with E-state index in [0.29, 0.717) is 30.6 Å². The zero-order chi connectivity index (χ0) is 10.4. The molecule has 1 unspecified atom stereocenters. The van der Waals surface area contributed by atoms with E-state index in [-0.39, 0.29) is 6.61 Å². The molecule has 1 heterocycles. The largest absolute Gasteiger partial charge is 0.396 e. The Bertz CT molecular complexity index is 262. The first-order valence-corrected chi connectivity index (χ1v) is 4.88. The van der Waals surface area contributed by atoms with Gasteiger partial charge in [-0.2, -0.15) is 4.98 Å². The molecule has 0 aliphatic heterocycles. The Kier molecular flexibility index (Phi) is 4.55. The number of aryl methyl sites for hydroxylation is 1. The summed E-state index contributed by atoms with van der Waals surface area (Å²) in [7, 11) is 0. The molecule has 0 spiro atoms. The van der Waals surface area contributed by atoms with Crippen molar-refractivity contribution in [3.8, 4) is 0 Å². The van der Waals surface area contributed by atoms with Crippen LogP contribution in [0, 0.1) is 5.92 Å². The lowest BCUT2D eigenvalue weighted by Crippen LogP contribution is -2.11. The number of aliphatic hydroxyl groups excluding tert-OH is 1. The third kappa shape index (κ3) is 3.43. The number of nitrogens with two attached hydrogens (primary N) is 1. The number of aromatic nitrogens is 2. The number of rotatable bonds is 6. The van der Waals surface area contributed by atoms with Gasteiger partial charge >= 0.3 is 0 Å². The monoisotopic (exact) mass is 199 g/mol. The van der Waals surface area contributed by atoms with Gasteiger partial charge in [-0.3, -0.25) is 0 Å². The van der Waals surface area contributed by atoms with Crippen molar-refractivity contribution in [3.05, 3.63) is 11.7 Å². The Morgan fingerprint density at radius 1 is 1.50 bits per heavy atom. The second-order valence-electron chi connectivity index (χ2n) is 3.46. The minimum absolute atomic E-state index is 0.0537. The van der Waals surface area contributed by atoms with Crippen LogP contribution in [0.25, 0.3) is 0 Å². The Labute approximate surface area is 83.3 Å². The van der Waals surface area contributed by atoms with Crippen LogP contribution in [0.3, 0.4) is 0 Å².